The van der Waals surface area contributed by atoms with Crippen molar-refractivity contribution in [1.82, 2.24) is 9.97 Å². The van der Waals surface area contributed by atoms with Crippen LogP contribution in [0.3, 0.4) is 0 Å². The number of hydrogen-bond acceptors (Lipinski definition) is 4. The van der Waals surface area contributed by atoms with Crippen LogP contribution in [0.5, 0.6) is 5.75 Å². The first kappa shape index (κ1) is 14.4. The minimum absolute atomic E-state index is 0.0381. The van der Waals surface area contributed by atoms with Crippen LogP contribution in [0.4, 0.5) is 19.0 Å². The summed E-state index contributed by atoms with van der Waals surface area (Å²) in [6.45, 7) is 0.108. The molecule has 0 aliphatic rings. The maximum atomic E-state index is 12.6. The van der Waals surface area contributed by atoms with Gasteiger partial charge < -0.3 is 10.4 Å². The lowest BCUT2D eigenvalue weighted by Gasteiger charge is -2.10. The van der Waals surface area contributed by atoms with E-state index in [-0.39, 0.29) is 18.1 Å². The molecule has 0 saturated heterocycles. The summed E-state index contributed by atoms with van der Waals surface area (Å²) >= 11 is 5.46. The minimum Gasteiger partial charge on any atom is -0.508 e. The van der Waals surface area contributed by atoms with E-state index in [1.165, 1.54) is 6.07 Å². The third-order valence-corrected chi connectivity index (χ3v) is 2.61. The van der Waals surface area contributed by atoms with Crippen molar-refractivity contribution in [2.75, 3.05) is 5.32 Å². The summed E-state index contributed by atoms with van der Waals surface area (Å²) in [4.78, 5) is 6.77. The number of halogens is 4. The molecule has 0 aliphatic carbocycles. The predicted molar refractivity (Wildman–Crippen MR) is 67.5 cm³/mol. The number of nitrogens with one attached hydrogen (secondary N) is 1. The molecule has 106 valence electrons. The van der Waals surface area contributed by atoms with Gasteiger partial charge in [0.1, 0.15) is 11.6 Å². The number of phenolic OH excluding ortho intramolecular Hbond substituents is 1. The van der Waals surface area contributed by atoms with E-state index >= 15 is 0 Å². The molecule has 1 aromatic carbocycles. The summed E-state index contributed by atoms with van der Waals surface area (Å²) in [5, 5.41) is 11.7. The molecule has 0 atom stereocenters. The lowest BCUT2D eigenvalue weighted by molar-refractivity contribution is -0.141. The maximum absolute atomic E-state index is 12.6. The van der Waals surface area contributed by atoms with E-state index in [9.17, 15) is 18.3 Å². The van der Waals surface area contributed by atoms with Crippen LogP contribution in [0.15, 0.2) is 30.3 Å². The molecule has 0 amide bonds. The first-order valence-corrected chi connectivity index (χ1v) is 5.86. The second-order valence-corrected chi connectivity index (χ2v) is 4.23. The molecule has 2 N–H and O–H groups in total. The fraction of sp³-hybridized carbons (Fsp3) is 0.167. The zero-order chi connectivity index (χ0) is 14.8. The van der Waals surface area contributed by atoms with Crippen LogP contribution in [-0.2, 0) is 12.7 Å². The van der Waals surface area contributed by atoms with Crippen molar-refractivity contribution in [1.29, 1.82) is 0 Å². The highest BCUT2D eigenvalue weighted by Gasteiger charge is 2.33. The van der Waals surface area contributed by atoms with E-state index in [0.717, 1.165) is 6.07 Å². The summed E-state index contributed by atoms with van der Waals surface area (Å²) in [5.41, 5.74) is -0.604. The molecule has 20 heavy (non-hydrogen) atoms. The Bertz CT molecular complexity index is 619. The fourth-order valence-electron chi connectivity index (χ4n) is 1.50. The molecule has 0 saturated carbocycles. The van der Waals surface area contributed by atoms with Gasteiger partial charge in [0.15, 0.2) is 5.69 Å². The Morgan fingerprint density at radius 3 is 2.55 bits per heavy atom. The van der Waals surface area contributed by atoms with Crippen molar-refractivity contribution >= 4 is 17.4 Å². The van der Waals surface area contributed by atoms with Crippen LogP contribution in [-0.4, -0.2) is 15.1 Å². The fourth-order valence-corrected chi connectivity index (χ4v) is 1.68. The van der Waals surface area contributed by atoms with Crippen molar-refractivity contribution in [3.05, 3.63) is 46.9 Å². The smallest absolute Gasteiger partial charge is 0.433 e. The summed E-state index contributed by atoms with van der Waals surface area (Å²) in [5.74, 6) is -0.0308. The maximum Gasteiger partial charge on any atom is 0.433 e. The van der Waals surface area contributed by atoms with Gasteiger partial charge in [-0.25, -0.2) is 9.97 Å². The second kappa shape index (κ2) is 5.54. The van der Waals surface area contributed by atoms with E-state index in [4.69, 9.17) is 11.6 Å². The molecule has 0 unspecified atom stereocenters. The number of aromatic nitrogens is 2. The SMILES string of the molecule is Oc1ccccc1CNc1cc(C(F)(F)F)nc(Cl)n1. The van der Waals surface area contributed by atoms with Gasteiger partial charge in [-0.3, -0.25) is 0 Å². The number of alkyl halides is 3. The number of aromatic hydroxyl groups is 1. The van der Waals surface area contributed by atoms with Crippen molar-refractivity contribution < 1.29 is 18.3 Å². The predicted octanol–water partition coefficient (Wildman–Crippen LogP) is 3.47. The second-order valence-electron chi connectivity index (χ2n) is 3.89. The number of benzene rings is 1. The average Bonchev–Trinajstić information content (AvgIpc) is 2.36. The number of hydrogen-bond donors (Lipinski definition) is 2. The molecule has 2 aromatic rings. The van der Waals surface area contributed by atoms with Gasteiger partial charge in [-0.2, -0.15) is 13.2 Å². The van der Waals surface area contributed by atoms with Gasteiger partial charge in [-0.05, 0) is 17.7 Å². The first-order chi connectivity index (χ1) is 9.36. The van der Waals surface area contributed by atoms with E-state index in [1.807, 2.05) is 0 Å². The van der Waals surface area contributed by atoms with Crippen LogP contribution in [0.1, 0.15) is 11.3 Å². The van der Waals surface area contributed by atoms with Gasteiger partial charge >= 0.3 is 6.18 Å². The van der Waals surface area contributed by atoms with Gasteiger partial charge in [0.2, 0.25) is 5.28 Å². The molecule has 0 bridgehead atoms. The molecule has 1 heterocycles. The van der Waals surface area contributed by atoms with Crippen LogP contribution < -0.4 is 5.32 Å². The van der Waals surface area contributed by atoms with E-state index in [2.05, 4.69) is 15.3 Å². The van der Waals surface area contributed by atoms with Crippen molar-refractivity contribution in [2.24, 2.45) is 0 Å². The Balaban J connectivity index is 2.18. The summed E-state index contributed by atoms with van der Waals surface area (Å²) in [7, 11) is 0. The van der Waals surface area contributed by atoms with Gasteiger partial charge in [0, 0.05) is 18.2 Å². The number of anilines is 1. The highest BCUT2D eigenvalue weighted by atomic mass is 35.5. The Morgan fingerprint density at radius 1 is 1.20 bits per heavy atom. The average molecular weight is 304 g/mol. The van der Waals surface area contributed by atoms with Gasteiger partial charge in [-0.1, -0.05) is 18.2 Å². The van der Waals surface area contributed by atoms with Crippen LogP contribution in [0, 0.1) is 0 Å². The van der Waals surface area contributed by atoms with Crippen molar-refractivity contribution in [2.45, 2.75) is 12.7 Å². The zero-order valence-corrected chi connectivity index (χ0v) is 10.7. The molecule has 4 nitrogen and oxygen atoms in total. The first-order valence-electron chi connectivity index (χ1n) is 5.49. The normalized spacial score (nSPS) is 11.4. The molecule has 0 fully saturated rings. The largest absolute Gasteiger partial charge is 0.508 e. The van der Waals surface area contributed by atoms with Gasteiger partial charge in [-0.15, -0.1) is 0 Å². The molecule has 0 radical (unpaired) electrons. The Kier molecular flexibility index (Phi) is 3.99. The Hall–Kier alpha value is -2.02. The lowest BCUT2D eigenvalue weighted by Crippen LogP contribution is -2.11. The summed E-state index contributed by atoms with van der Waals surface area (Å²) < 4.78 is 37.7. The topological polar surface area (TPSA) is 58.0 Å². The highest BCUT2D eigenvalue weighted by Crippen LogP contribution is 2.29. The minimum atomic E-state index is -4.60. The third-order valence-electron chi connectivity index (χ3n) is 2.44. The molecular weight excluding hydrogens is 295 g/mol. The third kappa shape index (κ3) is 3.51. The summed E-state index contributed by atoms with van der Waals surface area (Å²) in [6.07, 6.45) is -4.60. The Morgan fingerprint density at radius 2 is 1.90 bits per heavy atom. The quantitative estimate of drug-likeness (QED) is 0.853. The van der Waals surface area contributed by atoms with Crippen LogP contribution in [0.25, 0.3) is 0 Å². The molecule has 1 aromatic heterocycles. The number of phenols is 1. The van der Waals surface area contributed by atoms with Gasteiger partial charge in [0.25, 0.3) is 0 Å². The van der Waals surface area contributed by atoms with Crippen LogP contribution in [0.2, 0.25) is 5.28 Å². The molecule has 2 rings (SSSR count). The number of para-hydroxylation sites is 1. The van der Waals surface area contributed by atoms with Crippen LogP contribution >= 0.6 is 11.6 Å². The molecule has 8 heteroatoms. The monoisotopic (exact) mass is 303 g/mol. The highest BCUT2D eigenvalue weighted by molar-refractivity contribution is 6.28. The van der Waals surface area contributed by atoms with E-state index in [0.29, 0.717) is 5.56 Å². The number of rotatable bonds is 3. The molecule has 0 spiro atoms. The Labute approximate surface area is 117 Å². The summed E-state index contributed by atoms with van der Waals surface area (Å²) in [6, 6.07) is 7.21. The number of nitrogens with zero attached hydrogens (tertiary/aromatic N) is 2. The standard InChI is InChI=1S/C12H9ClF3N3O/c13-11-18-9(12(14,15)16)5-10(19-11)17-6-7-3-1-2-4-8(7)20/h1-5,20H,6H2,(H,17,18,19). The van der Waals surface area contributed by atoms with E-state index in [1.54, 1.807) is 18.2 Å². The van der Waals surface area contributed by atoms with Crippen molar-refractivity contribution in [3.63, 3.8) is 0 Å². The van der Waals surface area contributed by atoms with E-state index < -0.39 is 17.2 Å². The van der Waals surface area contributed by atoms with Gasteiger partial charge in [0.05, 0.1) is 0 Å². The molecule has 0 aliphatic heterocycles. The lowest BCUT2D eigenvalue weighted by atomic mass is 10.2. The zero-order valence-electron chi connectivity index (χ0n) is 9.95. The van der Waals surface area contributed by atoms with Crippen molar-refractivity contribution in [3.8, 4) is 5.75 Å². The molecular formula is C12H9ClF3N3O.